The number of hydrogen-bond donors (Lipinski definition) is 3. The van der Waals surface area contributed by atoms with Crippen molar-refractivity contribution in [3.05, 3.63) is 12.2 Å². The van der Waals surface area contributed by atoms with Crippen LogP contribution in [0.15, 0.2) is 12.2 Å². The Hall–Kier alpha value is -1.40. The van der Waals surface area contributed by atoms with E-state index >= 15 is 0 Å². The van der Waals surface area contributed by atoms with Crippen molar-refractivity contribution >= 4 is 11.9 Å². The van der Waals surface area contributed by atoms with Crippen LogP contribution in [0.5, 0.6) is 0 Å². The number of aliphatic hydroxyl groups excluding tert-OH is 2. The topological polar surface area (TPSA) is 95.9 Å². The Bertz CT molecular complexity index is 1240. The third-order valence-corrected chi connectivity index (χ3v) is 18.1. The summed E-state index contributed by atoms with van der Waals surface area (Å²) < 4.78 is 5.52. The van der Waals surface area contributed by atoms with Crippen LogP contribution >= 0.6 is 0 Å². The highest BCUT2D eigenvalue weighted by Gasteiger charge is 2.20. The molecule has 0 saturated heterocycles. The summed E-state index contributed by atoms with van der Waals surface area (Å²) in [5, 5.41) is 23.3. The van der Waals surface area contributed by atoms with E-state index in [1.54, 1.807) is 0 Å². The molecule has 82 heavy (non-hydrogen) atoms. The highest BCUT2D eigenvalue weighted by Crippen LogP contribution is 2.20. The van der Waals surface area contributed by atoms with Gasteiger partial charge in [0.1, 0.15) is 0 Å². The van der Waals surface area contributed by atoms with E-state index < -0.39 is 12.1 Å². The van der Waals surface area contributed by atoms with Crippen LogP contribution < -0.4 is 5.32 Å². The van der Waals surface area contributed by atoms with Crippen LogP contribution in [0.3, 0.4) is 0 Å². The van der Waals surface area contributed by atoms with Gasteiger partial charge in [0.2, 0.25) is 5.91 Å². The summed E-state index contributed by atoms with van der Waals surface area (Å²) in [6.07, 6.45) is 90.0. The number of aliphatic hydroxyl groups is 2. The Morgan fingerprint density at radius 3 is 0.866 bits per heavy atom. The van der Waals surface area contributed by atoms with Crippen LogP contribution in [-0.4, -0.2) is 47.4 Å². The van der Waals surface area contributed by atoms with E-state index in [2.05, 4.69) is 31.3 Å². The maximum Gasteiger partial charge on any atom is 0.305 e. The van der Waals surface area contributed by atoms with Crippen molar-refractivity contribution in [3.8, 4) is 0 Å². The number of ether oxygens (including phenoxy) is 1. The molecule has 0 heterocycles. The Morgan fingerprint density at radius 1 is 0.329 bits per heavy atom. The monoisotopic (exact) mass is 1160 g/mol. The molecule has 0 saturated carbocycles. The highest BCUT2D eigenvalue weighted by molar-refractivity contribution is 5.76. The second-order valence-corrected chi connectivity index (χ2v) is 26.3. The van der Waals surface area contributed by atoms with Gasteiger partial charge in [0.15, 0.2) is 0 Å². The van der Waals surface area contributed by atoms with E-state index in [4.69, 9.17) is 4.74 Å². The molecule has 0 aromatic heterocycles. The minimum atomic E-state index is -0.662. The van der Waals surface area contributed by atoms with Gasteiger partial charge in [-0.25, -0.2) is 0 Å². The molecule has 2 atom stereocenters. The summed E-state index contributed by atoms with van der Waals surface area (Å²) in [5.74, 6) is -0.00558. The second-order valence-electron chi connectivity index (χ2n) is 26.3. The zero-order chi connectivity index (χ0) is 59.2. The van der Waals surface area contributed by atoms with Crippen molar-refractivity contribution in [2.24, 2.45) is 0 Å². The summed E-state index contributed by atoms with van der Waals surface area (Å²) in [6.45, 7) is 5.01. The summed E-state index contributed by atoms with van der Waals surface area (Å²) >= 11 is 0. The third-order valence-electron chi connectivity index (χ3n) is 18.1. The zero-order valence-corrected chi connectivity index (χ0v) is 56.0. The molecule has 0 aliphatic heterocycles. The molecular weight excluding hydrogens is 1010 g/mol. The van der Waals surface area contributed by atoms with Gasteiger partial charge in [-0.05, 0) is 51.4 Å². The predicted molar refractivity (Wildman–Crippen MR) is 361 cm³/mol. The zero-order valence-electron chi connectivity index (χ0n) is 56.0. The number of unbranched alkanes of at least 4 members (excludes halogenated alkanes) is 59. The maximum absolute atomic E-state index is 12.5. The lowest BCUT2D eigenvalue weighted by molar-refractivity contribution is -0.143. The number of carbonyl (C=O) groups is 2. The summed E-state index contributed by atoms with van der Waals surface area (Å²) in [5.41, 5.74) is 0. The van der Waals surface area contributed by atoms with Crippen LogP contribution in [0.1, 0.15) is 438 Å². The molecule has 0 aliphatic rings. The lowest BCUT2D eigenvalue weighted by Gasteiger charge is -2.22. The van der Waals surface area contributed by atoms with E-state index in [9.17, 15) is 19.8 Å². The van der Waals surface area contributed by atoms with E-state index in [0.29, 0.717) is 25.9 Å². The molecule has 0 aliphatic carbocycles. The fraction of sp³-hybridized carbons (Fsp3) is 0.947. The molecule has 6 nitrogen and oxygen atoms in total. The van der Waals surface area contributed by atoms with E-state index in [0.717, 1.165) is 38.5 Å². The Balaban J connectivity index is 3.33. The molecule has 0 bridgehead atoms. The minimum absolute atomic E-state index is 0.0237. The Kier molecular flexibility index (Phi) is 70.8. The first kappa shape index (κ1) is 80.6. The fourth-order valence-corrected chi connectivity index (χ4v) is 12.3. The molecule has 0 aromatic rings. The number of hydrogen-bond acceptors (Lipinski definition) is 5. The number of carbonyl (C=O) groups excluding carboxylic acids is 2. The first-order chi connectivity index (χ1) is 40.5. The standard InChI is InChI=1S/C76H149NO5/c1-3-5-7-9-11-13-15-17-19-20-34-38-42-46-50-54-58-62-66-70-76(81)82-71-67-63-59-55-51-47-43-39-36-33-31-29-27-25-23-21-22-24-26-28-30-32-35-37-41-45-49-53-57-61-65-69-75(80)77-73(72-78)74(79)68-64-60-56-52-48-44-40-18-16-14-12-10-8-6-4-2/h23,25,73-74,78-79H,3-22,24,26-72H2,1-2H3,(H,77,80)/b25-23-. The summed E-state index contributed by atoms with van der Waals surface area (Å²) in [4.78, 5) is 24.6. The molecular formula is C76H149NO5. The van der Waals surface area contributed by atoms with Crippen LogP contribution in [0.25, 0.3) is 0 Å². The first-order valence-corrected chi connectivity index (χ1v) is 37.9. The van der Waals surface area contributed by atoms with Crippen LogP contribution in [0.2, 0.25) is 0 Å². The highest BCUT2D eigenvalue weighted by atomic mass is 16.5. The molecule has 6 heteroatoms. The number of amides is 1. The molecule has 0 fully saturated rings. The summed E-state index contributed by atoms with van der Waals surface area (Å²) in [7, 11) is 0. The second kappa shape index (κ2) is 72.1. The lowest BCUT2D eigenvalue weighted by atomic mass is 10.0. The predicted octanol–water partition coefficient (Wildman–Crippen LogP) is 24.7. The van der Waals surface area contributed by atoms with Crippen LogP contribution in [-0.2, 0) is 14.3 Å². The molecule has 0 radical (unpaired) electrons. The van der Waals surface area contributed by atoms with Gasteiger partial charge in [-0.15, -0.1) is 0 Å². The van der Waals surface area contributed by atoms with Crippen molar-refractivity contribution in [1.29, 1.82) is 0 Å². The smallest absolute Gasteiger partial charge is 0.305 e. The van der Waals surface area contributed by atoms with E-state index in [1.165, 1.54) is 366 Å². The normalized spacial score (nSPS) is 12.5. The first-order valence-electron chi connectivity index (χ1n) is 37.9. The van der Waals surface area contributed by atoms with Gasteiger partial charge in [-0.3, -0.25) is 9.59 Å². The van der Waals surface area contributed by atoms with Gasteiger partial charge < -0.3 is 20.3 Å². The molecule has 0 spiro atoms. The van der Waals surface area contributed by atoms with Crippen molar-refractivity contribution in [2.75, 3.05) is 13.2 Å². The van der Waals surface area contributed by atoms with Crippen LogP contribution in [0.4, 0.5) is 0 Å². The third kappa shape index (κ3) is 67.7. The van der Waals surface area contributed by atoms with Gasteiger partial charge >= 0.3 is 5.97 Å². The number of esters is 1. The Morgan fingerprint density at radius 2 is 0.573 bits per heavy atom. The molecule has 0 rings (SSSR count). The molecule has 0 aromatic carbocycles. The largest absolute Gasteiger partial charge is 0.466 e. The Labute approximate surface area is 514 Å². The van der Waals surface area contributed by atoms with E-state index in [-0.39, 0.29) is 18.5 Å². The van der Waals surface area contributed by atoms with Gasteiger partial charge in [0, 0.05) is 12.8 Å². The molecule has 3 N–H and O–H groups in total. The van der Waals surface area contributed by atoms with Crippen molar-refractivity contribution < 1.29 is 24.5 Å². The number of rotatable bonds is 72. The van der Waals surface area contributed by atoms with Crippen molar-refractivity contribution in [3.63, 3.8) is 0 Å². The minimum Gasteiger partial charge on any atom is -0.466 e. The SMILES string of the molecule is CCCCCCCCCCCCCCCCCCCCCC(=O)OCCCCCCCCCCCCCC/C=C\CCCCCCCCCCCCCCCCCC(=O)NC(CO)C(O)CCCCCCCCCCCCCCCCC. The fourth-order valence-electron chi connectivity index (χ4n) is 12.3. The average molecular weight is 1160 g/mol. The average Bonchev–Trinajstić information content (AvgIpc) is 3.48. The summed E-state index contributed by atoms with van der Waals surface area (Å²) in [6, 6.07) is -0.539. The lowest BCUT2D eigenvalue weighted by Crippen LogP contribution is -2.45. The number of nitrogens with one attached hydrogen (secondary N) is 1. The van der Waals surface area contributed by atoms with Crippen molar-refractivity contribution in [2.45, 2.75) is 450 Å². The van der Waals surface area contributed by atoms with Crippen LogP contribution in [0, 0.1) is 0 Å². The van der Waals surface area contributed by atoms with E-state index in [1.807, 2.05) is 0 Å². The molecule has 488 valence electrons. The maximum atomic E-state index is 12.5. The number of allylic oxidation sites excluding steroid dienone is 2. The van der Waals surface area contributed by atoms with Gasteiger partial charge in [-0.2, -0.15) is 0 Å². The van der Waals surface area contributed by atoms with Gasteiger partial charge in [0.25, 0.3) is 0 Å². The quantitative estimate of drug-likeness (QED) is 0.0320. The van der Waals surface area contributed by atoms with Gasteiger partial charge in [0.05, 0.1) is 25.4 Å². The van der Waals surface area contributed by atoms with Gasteiger partial charge in [-0.1, -0.05) is 386 Å². The van der Waals surface area contributed by atoms with Crippen molar-refractivity contribution in [1.82, 2.24) is 5.32 Å². The molecule has 1 amide bonds. The molecule has 2 unspecified atom stereocenters.